The van der Waals surface area contributed by atoms with Gasteiger partial charge in [-0.2, -0.15) is 0 Å². The Bertz CT molecular complexity index is 675. The minimum atomic E-state index is -0.465. The molecule has 0 unspecified atom stereocenters. The largest absolute Gasteiger partial charge is 0.491 e. The Hall–Kier alpha value is -1.51. The van der Waals surface area contributed by atoms with Crippen LogP contribution in [0.5, 0.6) is 5.75 Å². The van der Waals surface area contributed by atoms with E-state index in [1.807, 2.05) is 23.7 Å². The summed E-state index contributed by atoms with van der Waals surface area (Å²) in [5, 5.41) is 15.9. The van der Waals surface area contributed by atoms with Gasteiger partial charge in [0, 0.05) is 57.6 Å². The Labute approximate surface area is 172 Å². The van der Waals surface area contributed by atoms with Gasteiger partial charge >= 0.3 is 0 Å². The molecule has 7 heteroatoms. The van der Waals surface area contributed by atoms with Gasteiger partial charge in [0.25, 0.3) is 0 Å². The second-order valence-corrected chi connectivity index (χ2v) is 7.97. The molecule has 1 aliphatic heterocycles. The number of piperazine rings is 1. The predicted molar refractivity (Wildman–Crippen MR) is 114 cm³/mol. The van der Waals surface area contributed by atoms with Gasteiger partial charge in [-0.05, 0) is 24.2 Å². The summed E-state index contributed by atoms with van der Waals surface area (Å²) in [4.78, 5) is 9.06. The van der Waals surface area contributed by atoms with Crippen LogP contribution in [-0.4, -0.2) is 78.4 Å². The quantitative estimate of drug-likeness (QED) is 0.558. The molecule has 28 heavy (non-hydrogen) atoms. The standard InChI is InChI=1S/C21H32N4O2S/c1-2-24-8-10-25(11-9-24)14-20(26)15-27-21-5-3-4-18(12-21)13-22-7-6-19-16-28-17-23-19/h3-5,12,16-17,20,22,26H,2,6-11,13-15H2,1H3/t20-/m0/s1. The van der Waals surface area contributed by atoms with Crippen molar-refractivity contribution >= 4 is 11.3 Å². The predicted octanol–water partition coefficient (Wildman–Crippen LogP) is 1.85. The molecule has 1 aliphatic rings. The lowest BCUT2D eigenvalue weighted by Crippen LogP contribution is -2.49. The molecule has 2 N–H and O–H groups in total. The third-order valence-electron chi connectivity index (χ3n) is 5.09. The summed E-state index contributed by atoms with van der Waals surface area (Å²) in [5.74, 6) is 0.814. The van der Waals surface area contributed by atoms with E-state index < -0.39 is 6.10 Å². The lowest BCUT2D eigenvalue weighted by atomic mass is 10.2. The molecule has 0 radical (unpaired) electrons. The van der Waals surface area contributed by atoms with Crippen molar-refractivity contribution in [1.82, 2.24) is 20.1 Å². The zero-order valence-electron chi connectivity index (χ0n) is 16.7. The molecule has 154 valence electrons. The molecule has 0 aliphatic carbocycles. The highest BCUT2D eigenvalue weighted by molar-refractivity contribution is 7.07. The maximum atomic E-state index is 10.3. The van der Waals surface area contributed by atoms with Crippen molar-refractivity contribution in [2.24, 2.45) is 0 Å². The minimum absolute atomic E-state index is 0.328. The van der Waals surface area contributed by atoms with Gasteiger partial charge in [0.15, 0.2) is 0 Å². The van der Waals surface area contributed by atoms with Gasteiger partial charge in [-0.1, -0.05) is 19.1 Å². The first kappa shape index (κ1) is 21.2. The van der Waals surface area contributed by atoms with Crippen LogP contribution in [0.4, 0.5) is 0 Å². The summed E-state index contributed by atoms with van der Waals surface area (Å²) in [6, 6.07) is 8.09. The number of aliphatic hydroxyl groups is 1. The summed E-state index contributed by atoms with van der Waals surface area (Å²) in [6.07, 6.45) is 0.478. The SMILES string of the molecule is CCN1CCN(C[C@H](O)COc2cccc(CNCCc3cscn3)c2)CC1. The molecule has 2 aromatic rings. The van der Waals surface area contributed by atoms with E-state index in [-0.39, 0.29) is 0 Å². The van der Waals surface area contributed by atoms with E-state index in [4.69, 9.17) is 4.74 Å². The summed E-state index contributed by atoms with van der Waals surface area (Å²) < 4.78 is 5.83. The van der Waals surface area contributed by atoms with Crippen LogP contribution < -0.4 is 10.1 Å². The number of rotatable bonds is 11. The van der Waals surface area contributed by atoms with E-state index in [2.05, 4.69) is 38.5 Å². The van der Waals surface area contributed by atoms with Gasteiger partial charge in [-0.15, -0.1) is 11.3 Å². The number of hydrogen-bond acceptors (Lipinski definition) is 7. The molecular weight excluding hydrogens is 372 g/mol. The molecule has 2 heterocycles. The number of nitrogens with zero attached hydrogens (tertiary/aromatic N) is 3. The maximum Gasteiger partial charge on any atom is 0.119 e. The maximum absolute atomic E-state index is 10.3. The number of aromatic nitrogens is 1. The summed E-state index contributed by atoms with van der Waals surface area (Å²) in [7, 11) is 0. The van der Waals surface area contributed by atoms with Gasteiger partial charge in [0.2, 0.25) is 0 Å². The first-order chi connectivity index (χ1) is 13.7. The number of thiazole rings is 1. The highest BCUT2D eigenvalue weighted by Gasteiger charge is 2.18. The van der Waals surface area contributed by atoms with Crippen LogP contribution in [0.25, 0.3) is 0 Å². The molecule has 0 saturated carbocycles. The number of ether oxygens (including phenoxy) is 1. The molecule has 1 aromatic carbocycles. The Balaban J connectivity index is 1.34. The highest BCUT2D eigenvalue weighted by atomic mass is 32.1. The van der Waals surface area contributed by atoms with Crippen LogP contribution in [0, 0.1) is 0 Å². The molecule has 0 bridgehead atoms. The second-order valence-electron chi connectivity index (χ2n) is 7.25. The summed E-state index contributed by atoms with van der Waals surface area (Å²) in [5.41, 5.74) is 4.19. The Morgan fingerprint density at radius 1 is 1.25 bits per heavy atom. The molecule has 1 saturated heterocycles. The zero-order valence-corrected chi connectivity index (χ0v) is 17.5. The van der Waals surface area contributed by atoms with Crippen LogP contribution in [0.15, 0.2) is 35.2 Å². The summed E-state index contributed by atoms with van der Waals surface area (Å²) in [6.45, 7) is 10.2. The van der Waals surface area contributed by atoms with Crippen molar-refractivity contribution in [3.8, 4) is 5.75 Å². The summed E-state index contributed by atoms with van der Waals surface area (Å²) >= 11 is 1.63. The first-order valence-corrected chi connectivity index (χ1v) is 11.1. The molecule has 6 nitrogen and oxygen atoms in total. The van der Waals surface area contributed by atoms with E-state index in [1.54, 1.807) is 11.3 Å². The van der Waals surface area contributed by atoms with Crippen LogP contribution in [0.3, 0.4) is 0 Å². The van der Waals surface area contributed by atoms with Crippen LogP contribution in [0.2, 0.25) is 0 Å². The number of hydrogen-bond donors (Lipinski definition) is 2. The molecule has 1 fully saturated rings. The van der Waals surface area contributed by atoms with Gasteiger partial charge in [-0.3, -0.25) is 4.90 Å². The van der Waals surface area contributed by atoms with Gasteiger partial charge in [-0.25, -0.2) is 4.98 Å². The van der Waals surface area contributed by atoms with E-state index >= 15 is 0 Å². The van der Waals surface area contributed by atoms with Crippen LogP contribution in [-0.2, 0) is 13.0 Å². The van der Waals surface area contributed by atoms with E-state index in [1.165, 1.54) is 5.56 Å². The molecular formula is C21H32N4O2S. The number of benzene rings is 1. The van der Waals surface area contributed by atoms with E-state index in [9.17, 15) is 5.11 Å². The fraction of sp³-hybridized carbons (Fsp3) is 0.571. The zero-order chi connectivity index (χ0) is 19.6. The number of nitrogens with one attached hydrogen (secondary N) is 1. The van der Waals surface area contributed by atoms with E-state index in [0.29, 0.717) is 13.2 Å². The highest BCUT2D eigenvalue weighted by Crippen LogP contribution is 2.14. The molecule has 1 aromatic heterocycles. The third-order valence-corrected chi connectivity index (χ3v) is 5.73. The monoisotopic (exact) mass is 404 g/mol. The molecule has 0 amide bonds. The average Bonchev–Trinajstić information content (AvgIpc) is 3.24. The van der Waals surface area contributed by atoms with Crippen molar-refractivity contribution < 1.29 is 9.84 Å². The van der Waals surface area contributed by atoms with Crippen molar-refractivity contribution in [3.63, 3.8) is 0 Å². The normalized spacial score (nSPS) is 16.9. The Kier molecular flexibility index (Phi) is 8.70. The topological polar surface area (TPSA) is 60.9 Å². The van der Waals surface area contributed by atoms with Crippen molar-refractivity contribution in [2.45, 2.75) is 26.0 Å². The average molecular weight is 405 g/mol. The van der Waals surface area contributed by atoms with Crippen LogP contribution in [0.1, 0.15) is 18.2 Å². The van der Waals surface area contributed by atoms with Crippen LogP contribution >= 0.6 is 11.3 Å². The Morgan fingerprint density at radius 2 is 2.07 bits per heavy atom. The third kappa shape index (κ3) is 7.14. The van der Waals surface area contributed by atoms with Gasteiger partial charge < -0.3 is 20.1 Å². The first-order valence-electron chi connectivity index (χ1n) is 10.1. The van der Waals surface area contributed by atoms with Crippen molar-refractivity contribution in [1.29, 1.82) is 0 Å². The lowest BCUT2D eigenvalue weighted by molar-refractivity contribution is 0.0471. The van der Waals surface area contributed by atoms with E-state index in [0.717, 1.165) is 63.7 Å². The number of aliphatic hydroxyl groups excluding tert-OH is 1. The smallest absolute Gasteiger partial charge is 0.119 e. The second kappa shape index (κ2) is 11.5. The molecule has 0 spiro atoms. The molecule has 3 rings (SSSR count). The minimum Gasteiger partial charge on any atom is -0.491 e. The number of likely N-dealkylation sites (N-methyl/N-ethyl adjacent to an activating group) is 1. The van der Waals surface area contributed by atoms with Gasteiger partial charge in [0.05, 0.1) is 11.2 Å². The fourth-order valence-electron chi connectivity index (χ4n) is 3.39. The lowest BCUT2D eigenvalue weighted by Gasteiger charge is -2.34. The van der Waals surface area contributed by atoms with Crippen molar-refractivity contribution in [3.05, 3.63) is 46.4 Å². The fourth-order valence-corrected chi connectivity index (χ4v) is 3.98. The Morgan fingerprint density at radius 3 is 2.82 bits per heavy atom. The van der Waals surface area contributed by atoms with Crippen molar-refractivity contribution in [2.75, 3.05) is 52.4 Å². The molecule has 1 atom stereocenters. The number of β-amino-alcohol motifs (C(OH)–C–C–N with tert-alkyl or cyclic N) is 1. The van der Waals surface area contributed by atoms with Gasteiger partial charge in [0.1, 0.15) is 18.5 Å².